The minimum absolute atomic E-state index is 0. The number of rotatable bonds is 1. The second-order valence-corrected chi connectivity index (χ2v) is 4.38. The third-order valence-electron chi connectivity index (χ3n) is 1.80. The molecule has 0 saturated carbocycles. The van der Waals surface area contributed by atoms with E-state index in [1.807, 2.05) is 20.8 Å². The van der Waals surface area contributed by atoms with Crippen LogP contribution in [0.15, 0.2) is 0 Å². The van der Waals surface area contributed by atoms with Gasteiger partial charge in [-0.1, -0.05) is 0 Å². The maximum Gasteiger partial charge on any atom is 0.323 e. The van der Waals surface area contributed by atoms with E-state index in [-0.39, 0.29) is 24.4 Å². The molecule has 1 rings (SSSR count). The number of esters is 1. The number of carbonyl (C=O) groups excluding carboxylic acids is 1. The van der Waals surface area contributed by atoms with Gasteiger partial charge in [-0.25, -0.2) is 0 Å². The second-order valence-electron chi connectivity index (χ2n) is 4.38. The zero-order chi connectivity index (χ0) is 10.1. The highest BCUT2D eigenvalue weighted by atomic mass is 35.5. The molecule has 1 saturated heterocycles. The average Bonchev–Trinajstić information content (AvgIpc) is 2.31. The molecule has 0 radical (unpaired) electrons. The summed E-state index contributed by atoms with van der Waals surface area (Å²) < 4.78 is 5.16. The van der Waals surface area contributed by atoms with Crippen LogP contribution < -0.4 is 5.32 Å². The minimum Gasteiger partial charge on any atom is -0.459 e. The van der Waals surface area contributed by atoms with E-state index >= 15 is 0 Å². The van der Waals surface area contributed by atoms with Crippen molar-refractivity contribution in [3.63, 3.8) is 0 Å². The van der Waals surface area contributed by atoms with Crippen molar-refractivity contribution in [2.75, 3.05) is 6.54 Å². The van der Waals surface area contributed by atoms with Gasteiger partial charge in [0.05, 0.1) is 6.10 Å². The zero-order valence-corrected chi connectivity index (χ0v) is 9.56. The summed E-state index contributed by atoms with van der Waals surface area (Å²) in [5.41, 5.74) is -0.452. The highest BCUT2D eigenvalue weighted by Crippen LogP contribution is 2.13. The summed E-state index contributed by atoms with van der Waals surface area (Å²) in [6, 6.07) is -0.339. The number of carbonyl (C=O) groups is 1. The Labute approximate surface area is 90.4 Å². The van der Waals surface area contributed by atoms with Gasteiger partial charge in [-0.05, 0) is 20.8 Å². The van der Waals surface area contributed by atoms with Crippen molar-refractivity contribution in [1.82, 2.24) is 5.32 Å². The zero-order valence-electron chi connectivity index (χ0n) is 8.74. The van der Waals surface area contributed by atoms with Gasteiger partial charge in [0, 0.05) is 13.0 Å². The Morgan fingerprint density at radius 2 is 2.07 bits per heavy atom. The second kappa shape index (κ2) is 4.96. The van der Waals surface area contributed by atoms with Crippen LogP contribution in [0.2, 0.25) is 0 Å². The summed E-state index contributed by atoms with van der Waals surface area (Å²) in [6.07, 6.45) is 0.0343. The fraction of sp³-hybridized carbons (Fsp3) is 0.889. The van der Waals surface area contributed by atoms with Crippen LogP contribution in [0.3, 0.4) is 0 Å². The third kappa shape index (κ3) is 4.26. The first-order valence-corrected chi connectivity index (χ1v) is 4.53. The van der Waals surface area contributed by atoms with Crippen molar-refractivity contribution in [2.45, 2.75) is 44.9 Å². The first-order chi connectivity index (χ1) is 5.88. The van der Waals surface area contributed by atoms with Gasteiger partial charge in [-0.15, -0.1) is 12.4 Å². The average molecular weight is 224 g/mol. The molecule has 1 heterocycles. The summed E-state index contributed by atoms with van der Waals surface area (Å²) in [4.78, 5) is 11.4. The van der Waals surface area contributed by atoms with Gasteiger partial charge < -0.3 is 15.2 Å². The molecule has 2 atom stereocenters. The molecule has 1 aliphatic rings. The summed E-state index contributed by atoms with van der Waals surface area (Å²) >= 11 is 0. The highest BCUT2D eigenvalue weighted by molar-refractivity contribution is 5.85. The van der Waals surface area contributed by atoms with Crippen LogP contribution in [0, 0.1) is 0 Å². The molecular weight excluding hydrogens is 206 g/mol. The molecule has 4 nitrogen and oxygen atoms in total. The van der Waals surface area contributed by atoms with E-state index in [9.17, 15) is 9.90 Å². The largest absolute Gasteiger partial charge is 0.459 e. The lowest BCUT2D eigenvalue weighted by molar-refractivity contribution is -0.157. The number of hydrogen-bond acceptors (Lipinski definition) is 4. The monoisotopic (exact) mass is 223 g/mol. The minimum atomic E-state index is -0.452. The summed E-state index contributed by atoms with van der Waals surface area (Å²) in [5.74, 6) is -0.274. The quantitative estimate of drug-likeness (QED) is 0.635. The van der Waals surface area contributed by atoms with Crippen LogP contribution in [0.25, 0.3) is 0 Å². The lowest BCUT2D eigenvalue weighted by atomic mass is 10.1. The molecule has 2 unspecified atom stereocenters. The number of aliphatic hydroxyl groups excluding tert-OH is 1. The third-order valence-corrected chi connectivity index (χ3v) is 1.80. The molecule has 5 heteroatoms. The van der Waals surface area contributed by atoms with Gasteiger partial charge in [0.2, 0.25) is 0 Å². The van der Waals surface area contributed by atoms with Crippen molar-refractivity contribution < 1.29 is 14.6 Å². The van der Waals surface area contributed by atoms with Gasteiger partial charge >= 0.3 is 5.97 Å². The van der Waals surface area contributed by atoms with E-state index in [2.05, 4.69) is 5.32 Å². The van der Waals surface area contributed by atoms with Crippen LogP contribution in [0.5, 0.6) is 0 Å². The molecule has 2 N–H and O–H groups in total. The van der Waals surface area contributed by atoms with Gasteiger partial charge in [-0.2, -0.15) is 0 Å². The SMILES string of the molecule is CC(C)(C)OC(=O)C1CC(O)CN1.Cl. The Bertz CT molecular complexity index is 203. The van der Waals surface area contributed by atoms with Crippen LogP contribution in [-0.2, 0) is 9.53 Å². The van der Waals surface area contributed by atoms with Gasteiger partial charge in [-0.3, -0.25) is 4.79 Å². The van der Waals surface area contributed by atoms with Crippen LogP contribution in [0.1, 0.15) is 27.2 Å². The molecule has 0 aliphatic carbocycles. The van der Waals surface area contributed by atoms with Crippen molar-refractivity contribution in [1.29, 1.82) is 0 Å². The molecule has 1 aliphatic heterocycles. The Morgan fingerprint density at radius 3 is 2.43 bits per heavy atom. The highest BCUT2D eigenvalue weighted by Gasteiger charge is 2.31. The number of ether oxygens (including phenoxy) is 1. The maximum absolute atomic E-state index is 11.4. The van der Waals surface area contributed by atoms with E-state index in [1.165, 1.54) is 0 Å². The first kappa shape index (κ1) is 13.7. The van der Waals surface area contributed by atoms with Crippen molar-refractivity contribution in [3.05, 3.63) is 0 Å². The van der Waals surface area contributed by atoms with Gasteiger partial charge in [0.15, 0.2) is 0 Å². The number of nitrogens with one attached hydrogen (secondary N) is 1. The van der Waals surface area contributed by atoms with E-state index in [0.29, 0.717) is 13.0 Å². The van der Waals surface area contributed by atoms with E-state index in [4.69, 9.17) is 4.74 Å². The molecule has 0 aromatic rings. The molecule has 14 heavy (non-hydrogen) atoms. The Balaban J connectivity index is 0.00000169. The molecule has 84 valence electrons. The number of aliphatic hydroxyl groups is 1. The summed E-state index contributed by atoms with van der Waals surface area (Å²) in [6.45, 7) is 5.97. The normalized spacial score (nSPS) is 26.9. The van der Waals surface area contributed by atoms with E-state index < -0.39 is 11.7 Å². The number of β-amino-alcohol motifs (C(OH)–C–C–N with tert-alkyl or cyclic N) is 1. The lowest BCUT2D eigenvalue weighted by Crippen LogP contribution is -2.37. The molecule has 1 fully saturated rings. The Hall–Kier alpha value is -0.320. The van der Waals surface area contributed by atoms with Gasteiger partial charge in [0.25, 0.3) is 0 Å². The fourth-order valence-electron chi connectivity index (χ4n) is 1.27. The topological polar surface area (TPSA) is 58.6 Å². The molecule has 0 aromatic heterocycles. The Morgan fingerprint density at radius 1 is 1.50 bits per heavy atom. The van der Waals surface area contributed by atoms with Crippen molar-refractivity contribution in [3.8, 4) is 0 Å². The molecule has 0 bridgehead atoms. The van der Waals surface area contributed by atoms with E-state index in [1.54, 1.807) is 0 Å². The van der Waals surface area contributed by atoms with Gasteiger partial charge in [0.1, 0.15) is 11.6 Å². The predicted octanol–water partition coefficient (Wildman–Crippen LogP) is 0.473. The molecule has 0 amide bonds. The molecule has 0 spiro atoms. The van der Waals surface area contributed by atoms with Crippen LogP contribution in [0.4, 0.5) is 0 Å². The number of halogens is 1. The van der Waals surface area contributed by atoms with Crippen LogP contribution in [-0.4, -0.2) is 35.4 Å². The maximum atomic E-state index is 11.4. The predicted molar refractivity (Wildman–Crippen MR) is 55.5 cm³/mol. The molecular formula is C9H18ClNO3. The van der Waals surface area contributed by atoms with E-state index in [0.717, 1.165) is 0 Å². The smallest absolute Gasteiger partial charge is 0.323 e. The molecule has 0 aromatic carbocycles. The summed E-state index contributed by atoms with van der Waals surface area (Å²) in [5, 5.41) is 12.1. The number of hydrogen-bond donors (Lipinski definition) is 2. The van der Waals surface area contributed by atoms with Crippen molar-refractivity contribution in [2.24, 2.45) is 0 Å². The summed E-state index contributed by atoms with van der Waals surface area (Å²) in [7, 11) is 0. The first-order valence-electron chi connectivity index (χ1n) is 4.53. The Kier molecular flexibility index (Phi) is 4.84. The van der Waals surface area contributed by atoms with Crippen LogP contribution >= 0.6 is 12.4 Å². The fourth-order valence-corrected chi connectivity index (χ4v) is 1.27. The van der Waals surface area contributed by atoms with Crippen molar-refractivity contribution >= 4 is 18.4 Å². The standard InChI is InChI=1S/C9H17NO3.ClH/c1-9(2,3)13-8(12)7-4-6(11)5-10-7;/h6-7,10-11H,4-5H2,1-3H3;1H. The lowest BCUT2D eigenvalue weighted by Gasteiger charge is -2.21.